The van der Waals surface area contributed by atoms with E-state index in [9.17, 15) is 0 Å². The fourth-order valence-electron chi connectivity index (χ4n) is 2.05. The summed E-state index contributed by atoms with van der Waals surface area (Å²) in [4.78, 5) is 8.97. The van der Waals surface area contributed by atoms with Gasteiger partial charge in [0.05, 0.1) is 11.4 Å². The lowest BCUT2D eigenvalue weighted by atomic mass is 10.2. The quantitative estimate of drug-likeness (QED) is 0.880. The van der Waals surface area contributed by atoms with Gasteiger partial charge in [0.2, 0.25) is 0 Å². The molecule has 6 nitrogen and oxygen atoms in total. The van der Waals surface area contributed by atoms with Gasteiger partial charge in [-0.2, -0.15) is 5.10 Å². The number of anilines is 3. The van der Waals surface area contributed by atoms with Crippen molar-refractivity contribution in [3.05, 3.63) is 23.3 Å². The van der Waals surface area contributed by atoms with Gasteiger partial charge in [0.25, 0.3) is 0 Å². The Morgan fingerprint density at radius 3 is 2.63 bits per heavy atom. The molecule has 0 atom stereocenters. The van der Waals surface area contributed by atoms with Crippen molar-refractivity contribution >= 4 is 17.3 Å². The van der Waals surface area contributed by atoms with Crippen LogP contribution in [0.2, 0.25) is 0 Å². The SMILES string of the molecule is Cc1nn(C)cc1Nc1nc(C2CC2)nc(N)c1C. The van der Waals surface area contributed by atoms with E-state index < -0.39 is 0 Å². The minimum atomic E-state index is 0.485. The first-order valence-electron chi connectivity index (χ1n) is 6.46. The Hall–Kier alpha value is -2.11. The average molecular weight is 258 g/mol. The Balaban J connectivity index is 1.97. The Kier molecular flexibility index (Phi) is 2.66. The van der Waals surface area contributed by atoms with Crippen LogP contribution in [0.5, 0.6) is 0 Å². The summed E-state index contributed by atoms with van der Waals surface area (Å²) in [6, 6.07) is 0. The number of hydrogen-bond donors (Lipinski definition) is 2. The first kappa shape index (κ1) is 12.0. The monoisotopic (exact) mass is 258 g/mol. The van der Waals surface area contributed by atoms with Crippen molar-refractivity contribution in [1.82, 2.24) is 19.7 Å². The topological polar surface area (TPSA) is 81.7 Å². The molecule has 1 aliphatic rings. The molecular formula is C13H18N6. The molecule has 2 aromatic heterocycles. The second kappa shape index (κ2) is 4.22. The molecule has 1 fully saturated rings. The van der Waals surface area contributed by atoms with E-state index in [1.807, 2.05) is 27.1 Å². The van der Waals surface area contributed by atoms with Gasteiger partial charge in [-0.15, -0.1) is 0 Å². The highest BCUT2D eigenvalue weighted by Crippen LogP contribution is 2.39. The van der Waals surface area contributed by atoms with Gasteiger partial charge in [0.1, 0.15) is 17.5 Å². The second-order valence-corrected chi connectivity index (χ2v) is 5.14. The summed E-state index contributed by atoms with van der Waals surface area (Å²) < 4.78 is 1.78. The molecule has 0 aliphatic heterocycles. The molecule has 6 heteroatoms. The zero-order chi connectivity index (χ0) is 13.6. The summed E-state index contributed by atoms with van der Waals surface area (Å²) in [5.74, 6) is 2.68. The number of rotatable bonds is 3. The summed E-state index contributed by atoms with van der Waals surface area (Å²) in [7, 11) is 1.90. The average Bonchev–Trinajstić information content (AvgIpc) is 3.13. The van der Waals surface area contributed by atoms with Gasteiger partial charge in [-0.25, -0.2) is 9.97 Å². The van der Waals surface area contributed by atoms with Gasteiger partial charge >= 0.3 is 0 Å². The molecule has 1 saturated carbocycles. The van der Waals surface area contributed by atoms with Gasteiger partial charge in [0.15, 0.2) is 0 Å². The normalized spacial score (nSPS) is 14.7. The van der Waals surface area contributed by atoms with Crippen LogP contribution in [-0.4, -0.2) is 19.7 Å². The summed E-state index contributed by atoms with van der Waals surface area (Å²) in [6.07, 6.45) is 4.26. The summed E-state index contributed by atoms with van der Waals surface area (Å²) >= 11 is 0. The largest absolute Gasteiger partial charge is 0.383 e. The van der Waals surface area contributed by atoms with Crippen LogP contribution >= 0.6 is 0 Å². The van der Waals surface area contributed by atoms with Gasteiger partial charge < -0.3 is 11.1 Å². The van der Waals surface area contributed by atoms with Gasteiger partial charge in [-0.05, 0) is 26.7 Å². The molecule has 0 radical (unpaired) electrons. The molecule has 2 aromatic rings. The predicted molar refractivity (Wildman–Crippen MR) is 74.4 cm³/mol. The third kappa shape index (κ3) is 2.25. The number of nitrogens with one attached hydrogen (secondary N) is 1. The molecule has 0 saturated heterocycles. The predicted octanol–water partition coefficient (Wildman–Crippen LogP) is 2.03. The first-order chi connectivity index (χ1) is 9.04. The lowest BCUT2D eigenvalue weighted by molar-refractivity contribution is 0.756. The standard InChI is InChI=1S/C13H18N6/c1-7-11(14)16-13(9-4-5-9)17-12(7)15-10-6-19(3)18-8(10)2/h6,9H,4-5H2,1-3H3,(H3,14,15,16,17). The van der Waals surface area contributed by atoms with E-state index in [4.69, 9.17) is 5.73 Å². The summed E-state index contributed by atoms with van der Waals surface area (Å²) in [5.41, 5.74) is 8.74. The van der Waals surface area contributed by atoms with E-state index in [0.29, 0.717) is 11.7 Å². The highest BCUT2D eigenvalue weighted by molar-refractivity contribution is 5.64. The van der Waals surface area contributed by atoms with E-state index in [1.165, 1.54) is 0 Å². The maximum absolute atomic E-state index is 5.97. The molecule has 0 bridgehead atoms. The van der Waals surface area contributed by atoms with E-state index >= 15 is 0 Å². The zero-order valence-electron chi connectivity index (χ0n) is 11.4. The third-order valence-electron chi connectivity index (χ3n) is 3.41. The van der Waals surface area contributed by atoms with E-state index in [2.05, 4.69) is 20.4 Å². The molecule has 3 rings (SSSR count). The fraction of sp³-hybridized carbons (Fsp3) is 0.462. The lowest BCUT2D eigenvalue weighted by Crippen LogP contribution is -2.06. The molecule has 2 heterocycles. The van der Waals surface area contributed by atoms with Crippen LogP contribution in [0, 0.1) is 13.8 Å². The molecule has 0 aromatic carbocycles. The molecular weight excluding hydrogens is 240 g/mol. The lowest BCUT2D eigenvalue weighted by Gasteiger charge is -2.11. The van der Waals surface area contributed by atoms with Crippen LogP contribution in [0.4, 0.5) is 17.3 Å². The van der Waals surface area contributed by atoms with Gasteiger partial charge in [-0.3, -0.25) is 4.68 Å². The summed E-state index contributed by atoms with van der Waals surface area (Å²) in [6.45, 7) is 3.89. The van der Waals surface area contributed by atoms with Crippen molar-refractivity contribution in [2.75, 3.05) is 11.1 Å². The summed E-state index contributed by atoms with van der Waals surface area (Å²) in [5, 5.41) is 7.62. The Morgan fingerprint density at radius 2 is 2.05 bits per heavy atom. The number of aryl methyl sites for hydroxylation is 2. The van der Waals surface area contributed by atoms with Crippen LogP contribution in [0.25, 0.3) is 0 Å². The van der Waals surface area contributed by atoms with Crippen LogP contribution in [0.3, 0.4) is 0 Å². The molecule has 19 heavy (non-hydrogen) atoms. The maximum atomic E-state index is 5.97. The van der Waals surface area contributed by atoms with Gasteiger partial charge in [0, 0.05) is 24.7 Å². The number of nitrogens with two attached hydrogens (primary N) is 1. The van der Waals surface area contributed by atoms with E-state index in [0.717, 1.165) is 41.4 Å². The maximum Gasteiger partial charge on any atom is 0.139 e. The van der Waals surface area contributed by atoms with Crippen molar-refractivity contribution in [3.63, 3.8) is 0 Å². The number of nitrogen functional groups attached to an aromatic ring is 1. The third-order valence-corrected chi connectivity index (χ3v) is 3.41. The Labute approximate surface area is 112 Å². The minimum Gasteiger partial charge on any atom is -0.383 e. The van der Waals surface area contributed by atoms with Crippen LogP contribution in [0.15, 0.2) is 6.20 Å². The van der Waals surface area contributed by atoms with Crippen molar-refractivity contribution in [2.45, 2.75) is 32.6 Å². The van der Waals surface area contributed by atoms with Crippen molar-refractivity contribution in [3.8, 4) is 0 Å². The zero-order valence-corrected chi connectivity index (χ0v) is 11.4. The Bertz CT molecular complexity index is 626. The smallest absolute Gasteiger partial charge is 0.139 e. The van der Waals surface area contributed by atoms with E-state index in [-0.39, 0.29) is 0 Å². The fourth-order valence-corrected chi connectivity index (χ4v) is 2.05. The van der Waals surface area contributed by atoms with E-state index in [1.54, 1.807) is 4.68 Å². The van der Waals surface area contributed by atoms with Gasteiger partial charge in [-0.1, -0.05) is 0 Å². The highest BCUT2D eigenvalue weighted by Gasteiger charge is 2.28. The molecule has 3 N–H and O–H groups in total. The minimum absolute atomic E-state index is 0.485. The molecule has 100 valence electrons. The van der Waals surface area contributed by atoms with Crippen LogP contribution in [0.1, 0.15) is 35.8 Å². The molecule has 0 unspecified atom stereocenters. The van der Waals surface area contributed by atoms with Crippen molar-refractivity contribution < 1.29 is 0 Å². The molecule has 0 amide bonds. The van der Waals surface area contributed by atoms with Crippen molar-refractivity contribution in [2.24, 2.45) is 7.05 Å². The van der Waals surface area contributed by atoms with Crippen LogP contribution in [-0.2, 0) is 7.05 Å². The van der Waals surface area contributed by atoms with Crippen LogP contribution < -0.4 is 11.1 Å². The second-order valence-electron chi connectivity index (χ2n) is 5.14. The number of nitrogens with zero attached hydrogens (tertiary/aromatic N) is 4. The first-order valence-corrected chi connectivity index (χ1v) is 6.46. The number of aromatic nitrogens is 4. The molecule has 0 spiro atoms. The molecule has 1 aliphatic carbocycles. The highest BCUT2D eigenvalue weighted by atomic mass is 15.3. The van der Waals surface area contributed by atoms with Crippen molar-refractivity contribution in [1.29, 1.82) is 0 Å². The number of hydrogen-bond acceptors (Lipinski definition) is 5. The Morgan fingerprint density at radius 1 is 1.32 bits per heavy atom.